The Morgan fingerprint density at radius 3 is 2.52 bits per heavy atom. The first-order valence-corrected chi connectivity index (χ1v) is 11.2. The zero-order valence-corrected chi connectivity index (χ0v) is 18.9. The minimum Gasteiger partial charge on any atom is -0.359 e. The van der Waals surface area contributed by atoms with E-state index in [0.717, 1.165) is 51.4 Å². The molecule has 5 nitrogen and oxygen atoms in total. The Morgan fingerprint density at radius 1 is 1.00 bits per heavy atom. The summed E-state index contributed by atoms with van der Waals surface area (Å²) in [5.74, 6) is 5.54. The minimum absolute atomic E-state index is 0.345. The Labute approximate surface area is 178 Å². The maximum Gasteiger partial charge on any atom is 0.264 e. The van der Waals surface area contributed by atoms with Gasteiger partial charge in [-0.15, -0.1) is 6.58 Å². The fourth-order valence-electron chi connectivity index (χ4n) is 3.05. The first-order valence-electron chi connectivity index (χ1n) is 11.2. The number of unbranched alkanes of at least 4 members (excludes halogenated alkanes) is 8. The molecule has 1 aliphatic rings. The van der Waals surface area contributed by atoms with Crippen molar-refractivity contribution < 1.29 is 24.0 Å². The lowest BCUT2D eigenvalue weighted by molar-refractivity contribution is -0.428. The van der Waals surface area contributed by atoms with Crippen LogP contribution in [0.4, 0.5) is 0 Å². The van der Waals surface area contributed by atoms with Crippen molar-refractivity contribution in [3.8, 4) is 11.8 Å². The molecule has 0 N–H and O–H groups in total. The quantitative estimate of drug-likeness (QED) is 0.110. The number of allylic oxidation sites excluding steroid dienone is 1. The largest absolute Gasteiger partial charge is 0.359 e. The molecule has 1 aliphatic heterocycles. The molecule has 0 saturated carbocycles. The van der Waals surface area contributed by atoms with Crippen LogP contribution in [0, 0.1) is 11.8 Å². The fraction of sp³-hybridized carbons (Fsp3) is 0.833. The first-order chi connectivity index (χ1) is 14.0. The molecule has 1 saturated heterocycles. The molecule has 0 radical (unpaired) electrons. The lowest BCUT2D eigenvalue weighted by Crippen LogP contribution is -2.34. The summed E-state index contributed by atoms with van der Waals surface area (Å²) < 4.78 is 16.2. The standard InChI is InChI=1S/C24H42O5/c1-5-6-7-8-9-10-11-14-17-24(27-21-19-23(2,3)28-29-24)18-15-12-13-16-20-26-22-25-4/h5H,1,6-14,16-17,19-22H2,2-4H3. The fourth-order valence-corrected chi connectivity index (χ4v) is 3.05. The van der Waals surface area contributed by atoms with Gasteiger partial charge in [-0.05, 0) is 51.9 Å². The van der Waals surface area contributed by atoms with E-state index in [-0.39, 0.29) is 5.60 Å². The molecule has 1 unspecified atom stereocenters. The lowest BCUT2D eigenvalue weighted by atomic mass is 10.0. The SMILES string of the molecule is C=CCCCCCCCCC1(C#CCCCCOCOC)OCCC(C)(C)OO1. The molecule has 5 heteroatoms. The highest BCUT2D eigenvalue weighted by Gasteiger charge is 2.38. The summed E-state index contributed by atoms with van der Waals surface area (Å²) in [4.78, 5) is 11.5. The Morgan fingerprint density at radius 2 is 1.76 bits per heavy atom. The summed E-state index contributed by atoms with van der Waals surface area (Å²) in [6, 6.07) is 0. The van der Waals surface area contributed by atoms with Gasteiger partial charge in [-0.2, -0.15) is 4.89 Å². The topological polar surface area (TPSA) is 46.2 Å². The van der Waals surface area contributed by atoms with E-state index in [0.29, 0.717) is 20.0 Å². The molecular formula is C24H42O5. The molecule has 1 rings (SSSR count). The third kappa shape index (κ3) is 13.1. The van der Waals surface area contributed by atoms with E-state index in [4.69, 9.17) is 24.0 Å². The van der Waals surface area contributed by atoms with Crippen LogP contribution in [-0.4, -0.2) is 38.5 Å². The van der Waals surface area contributed by atoms with Gasteiger partial charge in [0.1, 0.15) is 12.4 Å². The van der Waals surface area contributed by atoms with Crippen molar-refractivity contribution in [2.24, 2.45) is 0 Å². The molecule has 1 atom stereocenters. The molecule has 168 valence electrons. The van der Waals surface area contributed by atoms with Gasteiger partial charge in [-0.25, -0.2) is 4.89 Å². The molecule has 0 aliphatic carbocycles. The highest BCUT2D eigenvalue weighted by molar-refractivity contribution is 5.10. The highest BCUT2D eigenvalue weighted by Crippen LogP contribution is 2.30. The van der Waals surface area contributed by atoms with Gasteiger partial charge in [0.05, 0.1) is 6.61 Å². The smallest absolute Gasteiger partial charge is 0.264 e. The van der Waals surface area contributed by atoms with Crippen LogP contribution in [-0.2, 0) is 24.0 Å². The summed E-state index contributed by atoms with van der Waals surface area (Å²) in [5, 5.41) is 0. The van der Waals surface area contributed by atoms with Gasteiger partial charge in [0.25, 0.3) is 5.79 Å². The van der Waals surface area contributed by atoms with E-state index in [9.17, 15) is 0 Å². The van der Waals surface area contributed by atoms with Crippen LogP contribution in [0.5, 0.6) is 0 Å². The Kier molecular flexibility index (Phi) is 14.3. The van der Waals surface area contributed by atoms with Crippen LogP contribution in [0.2, 0.25) is 0 Å². The molecule has 0 aromatic rings. The number of hydrogen-bond acceptors (Lipinski definition) is 5. The van der Waals surface area contributed by atoms with Gasteiger partial charge in [0.15, 0.2) is 0 Å². The van der Waals surface area contributed by atoms with Crippen molar-refractivity contribution in [1.29, 1.82) is 0 Å². The maximum atomic E-state index is 6.07. The molecule has 0 amide bonds. The highest BCUT2D eigenvalue weighted by atomic mass is 17.2. The summed E-state index contributed by atoms with van der Waals surface area (Å²) >= 11 is 0. The van der Waals surface area contributed by atoms with Gasteiger partial charge in [-0.3, -0.25) is 0 Å². The van der Waals surface area contributed by atoms with E-state index in [1.807, 2.05) is 19.9 Å². The van der Waals surface area contributed by atoms with E-state index in [1.54, 1.807) is 7.11 Å². The van der Waals surface area contributed by atoms with Crippen LogP contribution in [0.3, 0.4) is 0 Å². The predicted octanol–water partition coefficient (Wildman–Crippen LogP) is 5.93. The molecule has 29 heavy (non-hydrogen) atoms. The number of hydrogen-bond donors (Lipinski definition) is 0. The van der Waals surface area contributed by atoms with Crippen molar-refractivity contribution >= 4 is 0 Å². The summed E-state index contributed by atoms with van der Waals surface area (Å²) in [7, 11) is 1.63. The van der Waals surface area contributed by atoms with Gasteiger partial charge < -0.3 is 14.2 Å². The maximum absolute atomic E-state index is 6.07. The van der Waals surface area contributed by atoms with Crippen molar-refractivity contribution in [3.63, 3.8) is 0 Å². The average molecular weight is 411 g/mol. The van der Waals surface area contributed by atoms with Crippen LogP contribution >= 0.6 is 0 Å². The third-order valence-electron chi connectivity index (χ3n) is 4.93. The van der Waals surface area contributed by atoms with E-state index >= 15 is 0 Å². The van der Waals surface area contributed by atoms with Crippen LogP contribution in [0.1, 0.15) is 90.9 Å². The predicted molar refractivity (Wildman–Crippen MR) is 116 cm³/mol. The van der Waals surface area contributed by atoms with Crippen molar-refractivity contribution in [3.05, 3.63) is 12.7 Å². The number of ether oxygens (including phenoxy) is 3. The van der Waals surface area contributed by atoms with Crippen molar-refractivity contribution in [2.75, 3.05) is 27.1 Å². The molecule has 0 aromatic heterocycles. The molecule has 1 fully saturated rings. The molecular weight excluding hydrogens is 368 g/mol. The minimum atomic E-state index is -0.941. The van der Waals surface area contributed by atoms with E-state index in [1.165, 1.54) is 25.7 Å². The monoisotopic (exact) mass is 410 g/mol. The zero-order chi connectivity index (χ0) is 21.3. The van der Waals surface area contributed by atoms with Gasteiger partial charge >= 0.3 is 0 Å². The molecule has 0 bridgehead atoms. The molecule has 0 spiro atoms. The molecule has 0 aromatic carbocycles. The number of methoxy groups -OCH3 is 1. The Bertz CT molecular complexity index is 479. The summed E-state index contributed by atoms with van der Waals surface area (Å²) in [6.07, 6.45) is 14.6. The van der Waals surface area contributed by atoms with Crippen LogP contribution in [0.15, 0.2) is 12.7 Å². The second kappa shape index (κ2) is 15.9. The summed E-state index contributed by atoms with van der Waals surface area (Å²) in [5.41, 5.74) is -0.354. The Balaban J connectivity index is 2.42. The lowest BCUT2D eigenvalue weighted by Gasteiger charge is -2.26. The zero-order valence-electron chi connectivity index (χ0n) is 18.9. The van der Waals surface area contributed by atoms with Gasteiger partial charge in [0.2, 0.25) is 0 Å². The van der Waals surface area contributed by atoms with Crippen molar-refractivity contribution in [1.82, 2.24) is 0 Å². The Hall–Kier alpha value is -0.900. The third-order valence-corrected chi connectivity index (χ3v) is 4.93. The van der Waals surface area contributed by atoms with Crippen LogP contribution < -0.4 is 0 Å². The second-order valence-electron chi connectivity index (χ2n) is 8.30. The van der Waals surface area contributed by atoms with E-state index in [2.05, 4.69) is 18.4 Å². The van der Waals surface area contributed by atoms with Crippen LogP contribution in [0.25, 0.3) is 0 Å². The van der Waals surface area contributed by atoms with Crippen molar-refractivity contribution in [2.45, 2.75) is 102 Å². The van der Waals surface area contributed by atoms with Gasteiger partial charge in [0, 0.05) is 33.0 Å². The summed E-state index contributed by atoms with van der Waals surface area (Å²) in [6.45, 7) is 9.44. The van der Waals surface area contributed by atoms with Gasteiger partial charge in [-0.1, -0.05) is 37.7 Å². The normalized spacial score (nSPS) is 21.2. The first kappa shape index (κ1) is 26.1. The second-order valence-corrected chi connectivity index (χ2v) is 8.30. The van der Waals surface area contributed by atoms with E-state index < -0.39 is 5.79 Å². The molecule has 1 heterocycles. The number of rotatable bonds is 15. The average Bonchev–Trinajstić information content (AvgIpc) is 2.85.